The first kappa shape index (κ1) is 52.5. The third kappa shape index (κ3) is 61.7. The van der Waals surface area contributed by atoms with E-state index in [4.69, 9.17) is 14.2 Å². The highest BCUT2D eigenvalue weighted by Crippen LogP contribution is 2.07. The van der Waals surface area contributed by atoms with E-state index < -0.39 is 0 Å². The number of hydrogen-bond acceptors (Lipinski definition) is 4. The van der Waals surface area contributed by atoms with Gasteiger partial charge in [-0.15, -0.1) is 0 Å². The van der Waals surface area contributed by atoms with Crippen molar-refractivity contribution in [3.8, 4) is 0 Å². The maximum Gasteiger partial charge on any atom is 0.120 e. The van der Waals surface area contributed by atoms with E-state index in [1.54, 1.807) is 7.11 Å². The van der Waals surface area contributed by atoms with Crippen LogP contribution < -0.4 is 0 Å². The average molecular weight is 637 g/mol. The van der Waals surface area contributed by atoms with Crippen LogP contribution >= 0.6 is 0 Å². The van der Waals surface area contributed by atoms with Crippen LogP contribution in [0, 0.1) is 5.92 Å². The van der Waals surface area contributed by atoms with Gasteiger partial charge in [-0.05, 0) is 24.3 Å². The molecule has 0 radical (unpaired) electrons. The summed E-state index contributed by atoms with van der Waals surface area (Å²) in [6.45, 7) is 28.6. The predicted octanol–water partition coefficient (Wildman–Crippen LogP) is 13.7. The molecule has 0 saturated carbocycles. The van der Waals surface area contributed by atoms with Gasteiger partial charge >= 0.3 is 0 Å². The first-order chi connectivity index (χ1) is 21.9. The lowest BCUT2D eigenvalue weighted by Gasteiger charge is -2.06. The van der Waals surface area contributed by atoms with Crippen molar-refractivity contribution in [3.05, 3.63) is 61.1 Å². The Balaban J connectivity index is -0.000000153. The number of hydrogen-bond donors (Lipinski definition) is 0. The van der Waals surface area contributed by atoms with Gasteiger partial charge in [0.1, 0.15) is 12.9 Å². The van der Waals surface area contributed by atoms with Crippen LogP contribution in [-0.4, -0.2) is 26.6 Å². The molecule has 0 bridgehead atoms. The molecule has 0 fully saturated rings. The van der Waals surface area contributed by atoms with E-state index in [1.165, 1.54) is 95.3 Å². The van der Waals surface area contributed by atoms with Crippen molar-refractivity contribution >= 4 is 6.29 Å². The summed E-state index contributed by atoms with van der Waals surface area (Å²) in [7, 11) is 1.77. The van der Waals surface area contributed by atoms with Crippen LogP contribution in [0.25, 0.3) is 0 Å². The minimum Gasteiger partial charge on any atom is -0.499 e. The highest BCUT2D eigenvalue weighted by molar-refractivity contribution is 5.49. The molecule has 0 spiro atoms. The average Bonchev–Trinajstić information content (AvgIpc) is 3.07. The van der Waals surface area contributed by atoms with E-state index in [0.717, 1.165) is 44.5 Å². The van der Waals surface area contributed by atoms with Crippen molar-refractivity contribution in [3.63, 3.8) is 0 Å². The molecule has 1 atom stereocenters. The largest absolute Gasteiger partial charge is 0.499 e. The molecule has 45 heavy (non-hydrogen) atoms. The SMILES string of the molecule is C=C(CC)OCCCCCCCC.C=COCc1ccccc1.CC.CCC.CCC(C)CC=O.CCCCCCCCOC. The zero-order valence-corrected chi connectivity index (χ0v) is 32.1. The summed E-state index contributed by atoms with van der Waals surface area (Å²) >= 11 is 0. The van der Waals surface area contributed by atoms with Gasteiger partial charge in [0.15, 0.2) is 0 Å². The molecule has 1 rings (SSSR count). The smallest absolute Gasteiger partial charge is 0.120 e. The zero-order chi connectivity index (χ0) is 35.2. The highest BCUT2D eigenvalue weighted by atomic mass is 16.5. The maximum atomic E-state index is 9.77. The number of carbonyl (C=O) groups is 1. The van der Waals surface area contributed by atoms with Crippen molar-refractivity contribution in [1.82, 2.24) is 0 Å². The number of carbonyl (C=O) groups excluding carboxylic acids is 1. The van der Waals surface area contributed by atoms with Crippen molar-refractivity contribution in [2.24, 2.45) is 5.92 Å². The second-order valence-electron chi connectivity index (χ2n) is 10.9. The van der Waals surface area contributed by atoms with Gasteiger partial charge in [0.2, 0.25) is 0 Å². The van der Waals surface area contributed by atoms with Crippen molar-refractivity contribution in [1.29, 1.82) is 0 Å². The van der Waals surface area contributed by atoms with Gasteiger partial charge in [-0.25, -0.2) is 0 Å². The highest BCUT2D eigenvalue weighted by Gasteiger charge is 1.94. The standard InChI is InChI=1S/C12H24O.C9H10O.C9H20O.C6H12O.C3H8.C2H6/c1-4-6-7-8-9-10-11-13-12(3)5-2;1-2-10-8-9-6-4-3-5-7-9;1-3-4-5-6-7-8-9-10-2;1-3-6(2)4-5-7;1-3-2;1-2/h3-11H2,1-2H3;2-7H,1,8H2;3-9H2,1-2H3;5-6H,3-4H2,1-2H3;3H2,1-2H3;1-2H3. The number of unbranched alkanes of at least 4 members (excludes halogenated alkanes) is 10. The third-order valence-corrected chi connectivity index (χ3v) is 6.31. The Bertz CT molecular complexity index is 622. The Labute approximate surface area is 283 Å². The summed E-state index contributed by atoms with van der Waals surface area (Å²) in [5, 5.41) is 0. The van der Waals surface area contributed by atoms with Crippen LogP contribution in [0.3, 0.4) is 0 Å². The molecular weight excluding hydrogens is 556 g/mol. The molecule has 4 nitrogen and oxygen atoms in total. The van der Waals surface area contributed by atoms with Gasteiger partial charge in [-0.3, -0.25) is 0 Å². The van der Waals surface area contributed by atoms with E-state index in [1.807, 2.05) is 44.2 Å². The Morgan fingerprint density at radius 2 is 1.24 bits per heavy atom. The summed E-state index contributed by atoms with van der Waals surface area (Å²) in [6, 6.07) is 9.99. The van der Waals surface area contributed by atoms with E-state index in [9.17, 15) is 4.79 Å². The summed E-state index contributed by atoms with van der Waals surface area (Å²) in [5.41, 5.74) is 1.17. The van der Waals surface area contributed by atoms with Crippen molar-refractivity contribution in [2.75, 3.05) is 20.3 Å². The van der Waals surface area contributed by atoms with E-state index in [0.29, 0.717) is 12.5 Å². The molecule has 0 amide bonds. The van der Waals surface area contributed by atoms with Gasteiger partial charge in [0.05, 0.1) is 18.6 Å². The molecule has 1 aromatic carbocycles. The Hall–Kier alpha value is -2.07. The molecule has 0 heterocycles. The monoisotopic (exact) mass is 637 g/mol. The first-order valence-electron chi connectivity index (χ1n) is 18.4. The van der Waals surface area contributed by atoms with E-state index >= 15 is 0 Å². The van der Waals surface area contributed by atoms with Crippen molar-refractivity contribution < 1.29 is 19.0 Å². The van der Waals surface area contributed by atoms with Crippen LogP contribution in [0.4, 0.5) is 0 Å². The molecule has 0 aromatic heterocycles. The minimum absolute atomic E-state index is 0.581. The fourth-order valence-electron chi connectivity index (χ4n) is 3.29. The Morgan fingerprint density at radius 3 is 1.62 bits per heavy atom. The normalized spacial score (nSPS) is 9.73. The second-order valence-corrected chi connectivity index (χ2v) is 10.9. The number of benzene rings is 1. The molecular formula is C41H80O4. The summed E-state index contributed by atoms with van der Waals surface area (Å²) in [4.78, 5) is 9.77. The Morgan fingerprint density at radius 1 is 0.778 bits per heavy atom. The van der Waals surface area contributed by atoms with Gasteiger partial charge in [0.25, 0.3) is 0 Å². The lowest BCUT2D eigenvalue weighted by molar-refractivity contribution is -0.108. The van der Waals surface area contributed by atoms with Crippen LogP contribution in [0.15, 0.2) is 55.5 Å². The lowest BCUT2D eigenvalue weighted by Crippen LogP contribution is -1.93. The fourth-order valence-corrected chi connectivity index (χ4v) is 3.29. The number of rotatable bonds is 22. The Kier molecular flexibility index (Phi) is 63.4. The molecule has 4 heteroatoms. The zero-order valence-electron chi connectivity index (χ0n) is 32.1. The molecule has 1 aromatic rings. The fraction of sp³-hybridized carbons (Fsp3) is 0.732. The lowest BCUT2D eigenvalue weighted by atomic mass is 10.1. The quantitative estimate of drug-likeness (QED) is 0.0721. The van der Waals surface area contributed by atoms with Crippen LogP contribution in [-0.2, 0) is 25.6 Å². The van der Waals surface area contributed by atoms with Gasteiger partial charge < -0.3 is 19.0 Å². The van der Waals surface area contributed by atoms with Crippen LogP contribution in [0.5, 0.6) is 0 Å². The first-order valence-corrected chi connectivity index (χ1v) is 18.4. The van der Waals surface area contributed by atoms with E-state index in [2.05, 4.69) is 61.6 Å². The molecule has 0 aliphatic heterocycles. The second kappa shape index (κ2) is 54.4. The van der Waals surface area contributed by atoms with E-state index in [-0.39, 0.29) is 0 Å². The summed E-state index contributed by atoms with van der Waals surface area (Å²) in [6.07, 6.45) is 22.5. The number of ether oxygens (including phenoxy) is 3. The van der Waals surface area contributed by atoms with Gasteiger partial charge in [0, 0.05) is 26.6 Å². The van der Waals surface area contributed by atoms with Gasteiger partial charge in [-0.1, -0.05) is 183 Å². The molecule has 0 saturated heterocycles. The number of allylic oxidation sites excluding steroid dienone is 1. The number of aldehydes is 1. The van der Waals surface area contributed by atoms with Crippen LogP contribution in [0.2, 0.25) is 0 Å². The minimum atomic E-state index is 0.581. The van der Waals surface area contributed by atoms with Gasteiger partial charge in [-0.2, -0.15) is 0 Å². The molecule has 0 aliphatic rings. The molecule has 0 N–H and O–H groups in total. The summed E-state index contributed by atoms with van der Waals surface area (Å²) in [5.74, 6) is 1.51. The molecule has 1 unspecified atom stereocenters. The molecule has 0 aliphatic carbocycles. The predicted molar refractivity (Wildman–Crippen MR) is 203 cm³/mol. The third-order valence-electron chi connectivity index (χ3n) is 6.31. The number of methoxy groups -OCH3 is 1. The maximum absolute atomic E-state index is 9.77. The topological polar surface area (TPSA) is 44.8 Å². The summed E-state index contributed by atoms with van der Waals surface area (Å²) < 4.78 is 15.3. The van der Waals surface area contributed by atoms with Crippen LogP contribution in [0.1, 0.15) is 171 Å². The van der Waals surface area contributed by atoms with Crippen molar-refractivity contribution in [2.45, 2.75) is 172 Å². The molecule has 268 valence electrons.